The van der Waals surface area contributed by atoms with E-state index in [2.05, 4.69) is 0 Å². The summed E-state index contributed by atoms with van der Waals surface area (Å²) in [6.45, 7) is 0. The van der Waals surface area contributed by atoms with Crippen LogP contribution in [0.4, 0.5) is 0 Å². The number of Topliss-reactive ketones (excluding diaryl/α,β-unsaturated/α-hetero) is 1. The van der Waals surface area contributed by atoms with Crippen molar-refractivity contribution in [1.82, 2.24) is 0 Å². The van der Waals surface area contributed by atoms with Crippen molar-refractivity contribution in [3.63, 3.8) is 0 Å². The third-order valence-electron chi connectivity index (χ3n) is 2.73. The average Bonchev–Trinajstić information content (AvgIpc) is 2.30. The van der Waals surface area contributed by atoms with Gasteiger partial charge in [-0.05, 0) is 24.5 Å². The summed E-state index contributed by atoms with van der Waals surface area (Å²) in [6, 6.07) is 0. The van der Waals surface area contributed by atoms with Gasteiger partial charge in [0.15, 0.2) is 5.78 Å². The van der Waals surface area contributed by atoms with Gasteiger partial charge in [-0.2, -0.15) is 0 Å². The molecule has 0 aromatic heterocycles. The summed E-state index contributed by atoms with van der Waals surface area (Å²) in [5.41, 5.74) is 0.714. The summed E-state index contributed by atoms with van der Waals surface area (Å²) >= 11 is 0. The third-order valence-corrected chi connectivity index (χ3v) is 2.73. The molecule has 2 N–H and O–H groups in total. The standard InChI is InChI=1S/C10H12O3/c11-8-4-2-1-3-6-7(8)5-9(12)10(6)13/h2,4,6,9,11-12H,1,3,5H2. The highest BCUT2D eigenvalue weighted by Crippen LogP contribution is 2.35. The maximum Gasteiger partial charge on any atom is 0.168 e. The molecule has 0 spiro atoms. The zero-order valence-electron chi connectivity index (χ0n) is 7.23. The lowest BCUT2D eigenvalue weighted by molar-refractivity contribution is -0.127. The number of ketones is 1. The molecular formula is C10H12O3. The quantitative estimate of drug-likeness (QED) is 0.586. The highest BCUT2D eigenvalue weighted by molar-refractivity contribution is 5.91. The zero-order chi connectivity index (χ0) is 9.42. The lowest BCUT2D eigenvalue weighted by Crippen LogP contribution is -2.18. The summed E-state index contributed by atoms with van der Waals surface area (Å²) in [5, 5.41) is 18.8. The Morgan fingerprint density at radius 1 is 1.46 bits per heavy atom. The molecule has 0 amide bonds. The number of hydrogen-bond donors (Lipinski definition) is 2. The first-order valence-electron chi connectivity index (χ1n) is 4.50. The molecule has 0 aromatic rings. The van der Waals surface area contributed by atoms with E-state index < -0.39 is 6.10 Å². The Balaban J connectivity index is 2.38. The van der Waals surface area contributed by atoms with Gasteiger partial charge < -0.3 is 10.2 Å². The molecule has 3 heteroatoms. The van der Waals surface area contributed by atoms with E-state index in [1.54, 1.807) is 6.08 Å². The number of carbonyl (C=O) groups is 1. The lowest BCUT2D eigenvalue weighted by atomic mass is 9.97. The molecule has 0 bridgehead atoms. The molecule has 0 aromatic carbocycles. The lowest BCUT2D eigenvalue weighted by Gasteiger charge is -2.06. The predicted octanol–water partition coefficient (Wildman–Crippen LogP) is 1.10. The zero-order valence-corrected chi connectivity index (χ0v) is 7.23. The van der Waals surface area contributed by atoms with Crippen LogP contribution in [0, 0.1) is 5.92 Å². The highest BCUT2D eigenvalue weighted by atomic mass is 16.3. The van der Waals surface area contributed by atoms with Crippen molar-refractivity contribution in [3.8, 4) is 0 Å². The van der Waals surface area contributed by atoms with Crippen molar-refractivity contribution < 1.29 is 15.0 Å². The van der Waals surface area contributed by atoms with Gasteiger partial charge in [0.25, 0.3) is 0 Å². The molecule has 0 saturated heterocycles. The van der Waals surface area contributed by atoms with Gasteiger partial charge in [0.05, 0.1) is 0 Å². The Morgan fingerprint density at radius 3 is 3.00 bits per heavy atom. The maximum atomic E-state index is 11.4. The SMILES string of the molecule is O=C1C(O)CC2=C(O)C=CCCC12. The monoisotopic (exact) mass is 180 g/mol. The average molecular weight is 180 g/mol. The largest absolute Gasteiger partial charge is 0.508 e. The fourth-order valence-corrected chi connectivity index (χ4v) is 2.02. The molecule has 1 saturated carbocycles. The fraction of sp³-hybridized carbons (Fsp3) is 0.500. The Kier molecular flexibility index (Phi) is 1.96. The van der Waals surface area contributed by atoms with Gasteiger partial charge in [0.1, 0.15) is 11.9 Å². The number of aliphatic hydroxyl groups is 2. The minimum Gasteiger partial charge on any atom is -0.508 e. The van der Waals surface area contributed by atoms with Gasteiger partial charge >= 0.3 is 0 Å². The second-order valence-electron chi connectivity index (χ2n) is 3.57. The topological polar surface area (TPSA) is 57.5 Å². The van der Waals surface area contributed by atoms with Crippen LogP contribution in [0.1, 0.15) is 19.3 Å². The Hall–Kier alpha value is -1.09. The number of aliphatic hydroxyl groups excluding tert-OH is 2. The summed E-state index contributed by atoms with van der Waals surface area (Å²) in [4.78, 5) is 11.4. The summed E-state index contributed by atoms with van der Waals surface area (Å²) < 4.78 is 0. The van der Waals surface area contributed by atoms with E-state index >= 15 is 0 Å². The number of hydrogen-bond acceptors (Lipinski definition) is 3. The van der Waals surface area contributed by atoms with E-state index in [0.29, 0.717) is 18.4 Å². The molecule has 2 atom stereocenters. The maximum absolute atomic E-state index is 11.4. The summed E-state index contributed by atoms with van der Waals surface area (Å²) in [7, 11) is 0. The molecule has 1 fully saturated rings. The third kappa shape index (κ3) is 1.29. The molecule has 70 valence electrons. The molecule has 13 heavy (non-hydrogen) atoms. The van der Waals surface area contributed by atoms with E-state index in [-0.39, 0.29) is 17.5 Å². The van der Waals surface area contributed by atoms with Crippen molar-refractivity contribution in [2.75, 3.05) is 0 Å². The fourth-order valence-electron chi connectivity index (χ4n) is 2.02. The molecule has 2 aliphatic carbocycles. The van der Waals surface area contributed by atoms with Crippen molar-refractivity contribution in [2.24, 2.45) is 5.92 Å². The molecule has 3 nitrogen and oxygen atoms in total. The summed E-state index contributed by atoms with van der Waals surface area (Å²) in [5.74, 6) is -0.206. The first kappa shape index (κ1) is 8.51. The van der Waals surface area contributed by atoms with Crippen molar-refractivity contribution >= 4 is 5.78 Å². The van der Waals surface area contributed by atoms with Gasteiger partial charge in [-0.25, -0.2) is 0 Å². The number of allylic oxidation sites excluding steroid dienone is 2. The molecule has 0 heterocycles. The second kappa shape index (κ2) is 3.00. The Bertz CT molecular complexity index is 301. The van der Waals surface area contributed by atoms with Crippen molar-refractivity contribution in [3.05, 3.63) is 23.5 Å². The number of rotatable bonds is 0. The molecular weight excluding hydrogens is 168 g/mol. The minimum atomic E-state index is -0.895. The van der Waals surface area contributed by atoms with Gasteiger partial charge in [-0.1, -0.05) is 6.08 Å². The van der Waals surface area contributed by atoms with Gasteiger partial charge in [-0.3, -0.25) is 4.79 Å². The van der Waals surface area contributed by atoms with E-state index in [1.807, 2.05) is 6.08 Å². The minimum absolute atomic E-state index is 0.134. The first-order chi connectivity index (χ1) is 6.20. The van der Waals surface area contributed by atoms with Crippen LogP contribution in [0.5, 0.6) is 0 Å². The normalized spacial score (nSPS) is 33.5. The second-order valence-corrected chi connectivity index (χ2v) is 3.57. The van der Waals surface area contributed by atoms with Gasteiger partial charge in [-0.15, -0.1) is 0 Å². The van der Waals surface area contributed by atoms with Crippen molar-refractivity contribution in [1.29, 1.82) is 0 Å². The summed E-state index contributed by atoms with van der Waals surface area (Å²) in [6.07, 6.45) is 4.40. The van der Waals surface area contributed by atoms with E-state index in [0.717, 1.165) is 6.42 Å². The van der Waals surface area contributed by atoms with E-state index in [4.69, 9.17) is 0 Å². The van der Waals surface area contributed by atoms with Crippen LogP contribution >= 0.6 is 0 Å². The van der Waals surface area contributed by atoms with Crippen LogP contribution in [-0.4, -0.2) is 22.1 Å². The van der Waals surface area contributed by atoms with Crippen LogP contribution in [0.3, 0.4) is 0 Å². The number of carbonyl (C=O) groups excluding carboxylic acids is 1. The molecule has 0 aliphatic heterocycles. The van der Waals surface area contributed by atoms with Crippen molar-refractivity contribution in [2.45, 2.75) is 25.4 Å². The van der Waals surface area contributed by atoms with Crippen LogP contribution < -0.4 is 0 Å². The number of fused-ring (bicyclic) bond motifs is 1. The van der Waals surface area contributed by atoms with Gasteiger partial charge in [0, 0.05) is 12.3 Å². The van der Waals surface area contributed by atoms with Gasteiger partial charge in [0.2, 0.25) is 0 Å². The van der Waals surface area contributed by atoms with Crippen LogP contribution in [0.25, 0.3) is 0 Å². The van der Waals surface area contributed by atoms with Crippen LogP contribution in [0.2, 0.25) is 0 Å². The van der Waals surface area contributed by atoms with Crippen LogP contribution in [-0.2, 0) is 4.79 Å². The van der Waals surface area contributed by atoms with E-state index in [9.17, 15) is 15.0 Å². The molecule has 2 rings (SSSR count). The highest BCUT2D eigenvalue weighted by Gasteiger charge is 2.38. The smallest absolute Gasteiger partial charge is 0.168 e. The Labute approximate surface area is 76.4 Å². The predicted molar refractivity (Wildman–Crippen MR) is 47.1 cm³/mol. The molecule has 0 radical (unpaired) electrons. The first-order valence-corrected chi connectivity index (χ1v) is 4.50. The van der Waals surface area contributed by atoms with Crippen LogP contribution in [0.15, 0.2) is 23.5 Å². The molecule has 2 aliphatic rings. The molecule has 2 unspecified atom stereocenters. The van der Waals surface area contributed by atoms with E-state index in [1.165, 1.54) is 0 Å². The Morgan fingerprint density at radius 2 is 2.23 bits per heavy atom.